The van der Waals surface area contributed by atoms with E-state index in [-0.39, 0.29) is 16.9 Å². The number of halogens is 1. The van der Waals surface area contributed by atoms with Crippen molar-refractivity contribution in [1.29, 1.82) is 0 Å². The Labute approximate surface area is 155 Å². The van der Waals surface area contributed by atoms with E-state index in [9.17, 15) is 9.59 Å². The average Bonchev–Trinajstić information content (AvgIpc) is 3.19. The minimum atomic E-state index is -0.493. The predicted octanol–water partition coefficient (Wildman–Crippen LogP) is 4.44. The molecule has 1 amide bonds. The smallest absolute Gasteiger partial charge is 0.292 e. The lowest BCUT2D eigenvalue weighted by Gasteiger charge is -2.42. The highest BCUT2D eigenvalue weighted by molar-refractivity contribution is 9.10. The van der Waals surface area contributed by atoms with Crippen LogP contribution in [0, 0.1) is 16.7 Å². The second-order valence-electron chi connectivity index (χ2n) is 8.54. The van der Waals surface area contributed by atoms with Crippen molar-refractivity contribution in [2.45, 2.75) is 46.1 Å². The molecular weight excluding hydrogens is 380 g/mol. The first kappa shape index (κ1) is 16.8. The van der Waals surface area contributed by atoms with E-state index >= 15 is 0 Å². The fraction of sp³-hybridized carbons (Fsp3) is 0.500. The Balaban J connectivity index is 1.61. The van der Waals surface area contributed by atoms with Gasteiger partial charge in [-0.25, -0.2) is 0 Å². The van der Waals surface area contributed by atoms with E-state index in [4.69, 9.17) is 0 Å². The minimum Gasteiger partial charge on any atom is -0.360 e. The van der Waals surface area contributed by atoms with Crippen molar-refractivity contribution in [3.63, 3.8) is 0 Å². The van der Waals surface area contributed by atoms with Gasteiger partial charge in [0.2, 0.25) is 0 Å². The summed E-state index contributed by atoms with van der Waals surface area (Å²) in [5.41, 5.74) is 1.42. The molecule has 2 bridgehead atoms. The number of hydrogen-bond acceptors (Lipinski definition) is 2. The van der Waals surface area contributed by atoms with Gasteiger partial charge in [0, 0.05) is 27.6 Å². The monoisotopic (exact) mass is 402 g/mol. The van der Waals surface area contributed by atoms with Gasteiger partial charge in [0.05, 0.1) is 5.56 Å². The third-order valence-corrected chi connectivity index (χ3v) is 7.13. The van der Waals surface area contributed by atoms with Crippen LogP contribution in [0.2, 0.25) is 0 Å². The van der Waals surface area contributed by atoms with Crippen molar-refractivity contribution >= 4 is 38.5 Å². The first-order valence-corrected chi connectivity index (χ1v) is 9.63. The molecule has 1 aromatic heterocycles. The van der Waals surface area contributed by atoms with Gasteiger partial charge < -0.3 is 10.3 Å². The number of hydrogen-bond donors (Lipinski definition) is 2. The van der Waals surface area contributed by atoms with Crippen LogP contribution in [0.15, 0.2) is 28.9 Å². The zero-order valence-electron chi connectivity index (χ0n) is 14.8. The molecule has 1 aromatic carbocycles. The van der Waals surface area contributed by atoms with Gasteiger partial charge >= 0.3 is 0 Å². The predicted molar refractivity (Wildman–Crippen MR) is 101 cm³/mol. The van der Waals surface area contributed by atoms with E-state index in [0.717, 1.165) is 28.2 Å². The molecular formula is C20H23BrN2O2. The SMILES string of the molecule is CC12CCC(C1)C(C)(C)C2NC(=O)C(=O)c1c[nH]c2ccc(Br)cc12. The highest BCUT2D eigenvalue weighted by Crippen LogP contribution is 2.62. The number of H-pyrrole nitrogens is 1. The largest absolute Gasteiger partial charge is 0.360 e. The summed E-state index contributed by atoms with van der Waals surface area (Å²) in [6, 6.07) is 5.72. The van der Waals surface area contributed by atoms with Crippen LogP contribution < -0.4 is 5.32 Å². The summed E-state index contributed by atoms with van der Waals surface area (Å²) in [5.74, 6) is -0.332. The van der Waals surface area contributed by atoms with Crippen LogP contribution in [-0.4, -0.2) is 22.7 Å². The number of carbonyl (C=O) groups excluding carboxylic acids is 2. The number of Topliss-reactive ketones (excluding diaryl/α,β-unsaturated/α-hetero) is 1. The molecule has 2 aliphatic carbocycles. The molecule has 5 heteroatoms. The maximum atomic E-state index is 12.8. The quantitative estimate of drug-likeness (QED) is 0.588. The van der Waals surface area contributed by atoms with Crippen LogP contribution in [0.5, 0.6) is 0 Å². The van der Waals surface area contributed by atoms with Crippen LogP contribution in [0.1, 0.15) is 50.4 Å². The summed E-state index contributed by atoms with van der Waals surface area (Å²) in [6.07, 6.45) is 5.12. The minimum absolute atomic E-state index is 0.0339. The summed E-state index contributed by atoms with van der Waals surface area (Å²) in [6.45, 7) is 6.70. The number of carbonyl (C=O) groups is 2. The van der Waals surface area contributed by atoms with E-state index in [1.807, 2.05) is 18.2 Å². The molecule has 2 aromatic rings. The number of nitrogens with one attached hydrogen (secondary N) is 2. The summed E-state index contributed by atoms with van der Waals surface area (Å²) in [4.78, 5) is 28.6. The van der Waals surface area contributed by atoms with Crippen LogP contribution in [0.3, 0.4) is 0 Å². The summed E-state index contributed by atoms with van der Waals surface area (Å²) < 4.78 is 0.885. The van der Waals surface area contributed by atoms with Crippen molar-refractivity contribution in [2.24, 2.45) is 16.7 Å². The van der Waals surface area contributed by atoms with Gasteiger partial charge in [-0.05, 0) is 54.2 Å². The lowest BCUT2D eigenvalue weighted by molar-refractivity contribution is -0.119. The number of aromatic amines is 1. The summed E-state index contributed by atoms with van der Waals surface area (Å²) in [7, 11) is 0. The normalized spacial score (nSPS) is 29.9. The molecule has 2 aliphatic rings. The molecule has 2 saturated carbocycles. The molecule has 1 heterocycles. The molecule has 4 rings (SSSR count). The molecule has 0 saturated heterocycles. The Morgan fingerprint density at radius 3 is 2.72 bits per heavy atom. The summed E-state index contributed by atoms with van der Waals surface area (Å²) in [5, 5.41) is 3.87. The van der Waals surface area contributed by atoms with Gasteiger partial charge in [-0.15, -0.1) is 0 Å². The summed E-state index contributed by atoms with van der Waals surface area (Å²) >= 11 is 3.43. The second kappa shape index (κ2) is 5.44. The van der Waals surface area contributed by atoms with Crippen LogP contribution in [0.25, 0.3) is 10.9 Å². The van der Waals surface area contributed by atoms with Gasteiger partial charge in [-0.1, -0.05) is 36.7 Å². The second-order valence-corrected chi connectivity index (χ2v) is 9.46. The number of rotatable bonds is 3. The molecule has 25 heavy (non-hydrogen) atoms. The maximum absolute atomic E-state index is 12.8. The number of amides is 1. The highest BCUT2D eigenvalue weighted by atomic mass is 79.9. The lowest BCUT2D eigenvalue weighted by Crippen LogP contribution is -2.53. The number of benzene rings is 1. The Morgan fingerprint density at radius 2 is 2.04 bits per heavy atom. The molecule has 132 valence electrons. The molecule has 0 aliphatic heterocycles. The highest BCUT2D eigenvalue weighted by Gasteiger charge is 2.59. The lowest BCUT2D eigenvalue weighted by atomic mass is 9.68. The van der Waals surface area contributed by atoms with Crippen LogP contribution in [0.4, 0.5) is 0 Å². The average molecular weight is 403 g/mol. The molecule has 4 nitrogen and oxygen atoms in total. The Bertz CT molecular complexity index is 880. The van der Waals surface area contributed by atoms with Gasteiger partial charge in [0.1, 0.15) is 0 Å². The van der Waals surface area contributed by atoms with Crippen molar-refractivity contribution in [1.82, 2.24) is 10.3 Å². The van der Waals surface area contributed by atoms with Crippen molar-refractivity contribution in [3.8, 4) is 0 Å². The van der Waals surface area contributed by atoms with Gasteiger partial charge in [-0.2, -0.15) is 0 Å². The topological polar surface area (TPSA) is 62.0 Å². The van der Waals surface area contributed by atoms with E-state index in [1.165, 1.54) is 6.42 Å². The molecule has 2 N–H and O–H groups in total. The Kier molecular flexibility index (Phi) is 3.66. The van der Waals surface area contributed by atoms with Gasteiger partial charge in [0.25, 0.3) is 11.7 Å². The van der Waals surface area contributed by atoms with E-state index in [2.05, 4.69) is 47.0 Å². The number of fused-ring (bicyclic) bond motifs is 3. The Hall–Kier alpha value is -1.62. The number of ketones is 1. The van der Waals surface area contributed by atoms with Crippen molar-refractivity contribution in [3.05, 3.63) is 34.4 Å². The van der Waals surface area contributed by atoms with Crippen molar-refractivity contribution < 1.29 is 9.59 Å². The zero-order valence-corrected chi connectivity index (χ0v) is 16.4. The van der Waals surface area contributed by atoms with Crippen molar-refractivity contribution in [2.75, 3.05) is 0 Å². The molecule has 3 atom stereocenters. The molecule has 0 radical (unpaired) electrons. The van der Waals surface area contributed by atoms with E-state index in [1.54, 1.807) is 6.20 Å². The third-order valence-electron chi connectivity index (χ3n) is 6.64. The first-order chi connectivity index (χ1) is 11.7. The fourth-order valence-corrected chi connectivity index (χ4v) is 5.62. The number of aromatic nitrogens is 1. The molecule has 3 unspecified atom stereocenters. The fourth-order valence-electron chi connectivity index (χ4n) is 5.26. The zero-order chi connectivity index (χ0) is 18.0. The van der Waals surface area contributed by atoms with E-state index < -0.39 is 11.7 Å². The van der Waals surface area contributed by atoms with Crippen LogP contribution >= 0.6 is 15.9 Å². The molecule has 2 fully saturated rings. The Morgan fingerprint density at radius 1 is 1.28 bits per heavy atom. The standard InChI is InChI=1S/C20H23BrN2O2/c1-19(2)11-6-7-20(3,9-11)18(19)23-17(25)16(24)14-10-22-15-5-4-12(21)8-13(14)15/h4-5,8,10-11,18,22H,6-7,9H2,1-3H3,(H,23,25). The first-order valence-electron chi connectivity index (χ1n) is 8.84. The van der Waals surface area contributed by atoms with Crippen LogP contribution in [-0.2, 0) is 4.79 Å². The van der Waals surface area contributed by atoms with E-state index in [0.29, 0.717) is 11.5 Å². The van der Waals surface area contributed by atoms with Gasteiger partial charge in [0.15, 0.2) is 0 Å². The van der Waals surface area contributed by atoms with Gasteiger partial charge in [-0.3, -0.25) is 9.59 Å². The maximum Gasteiger partial charge on any atom is 0.292 e. The molecule has 0 spiro atoms. The third kappa shape index (κ3) is 2.47.